The molecule has 30 heavy (non-hydrogen) atoms. The molecule has 1 aromatic carbocycles. The van der Waals surface area contributed by atoms with Crippen molar-refractivity contribution in [1.82, 2.24) is 14.6 Å². The van der Waals surface area contributed by atoms with Gasteiger partial charge in [-0.3, -0.25) is 4.79 Å². The third kappa shape index (κ3) is 5.08. The molecule has 1 aliphatic rings. The normalized spacial score (nSPS) is 17.8. The lowest BCUT2D eigenvalue weighted by Crippen LogP contribution is -2.47. The Morgan fingerprint density at radius 1 is 1.23 bits per heavy atom. The number of likely N-dealkylation sites (tertiary alicyclic amines) is 1. The van der Waals surface area contributed by atoms with Crippen molar-refractivity contribution in [3.8, 4) is 0 Å². The number of nitrogens with one attached hydrogen (secondary N) is 2. The number of nitrogens with zero attached hydrogens (tertiary/aromatic N) is 2. The number of halogens is 3. The second-order valence-electron chi connectivity index (χ2n) is 6.88. The molecule has 2 N–H and O–H groups in total. The lowest BCUT2D eigenvalue weighted by molar-refractivity contribution is -0.137. The summed E-state index contributed by atoms with van der Waals surface area (Å²) in [6, 6.07) is 7.17. The van der Waals surface area contributed by atoms with E-state index in [9.17, 15) is 26.4 Å². The Morgan fingerprint density at radius 2 is 2.00 bits per heavy atom. The highest BCUT2D eigenvalue weighted by Gasteiger charge is 2.32. The standard InChI is InChI=1S/C19H21F3N4O3S/c1-23-30(28,29)15-7-8-17(24-11-15)25-16-6-3-9-26(18(16)27)12-13-4-2-5-14(10-13)19(20,21)22/h2,4-5,7-8,10-11,16,23H,3,6,9,12H2,1H3,(H,24,25). The van der Waals surface area contributed by atoms with E-state index in [1.165, 1.54) is 36.3 Å². The topological polar surface area (TPSA) is 91.4 Å². The summed E-state index contributed by atoms with van der Waals surface area (Å²) in [5, 5.41) is 2.98. The molecule has 162 valence electrons. The molecule has 2 aromatic rings. The van der Waals surface area contributed by atoms with Crippen LogP contribution in [0.15, 0.2) is 47.5 Å². The summed E-state index contributed by atoms with van der Waals surface area (Å²) in [4.78, 5) is 18.3. The number of carbonyl (C=O) groups is 1. The third-order valence-corrected chi connectivity index (χ3v) is 6.20. The van der Waals surface area contributed by atoms with Crippen molar-refractivity contribution in [3.63, 3.8) is 0 Å². The number of pyridine rings is 1. The van der Waals surface area contributed by atoms with Crippen molar-refractivity contribution >= 4 is 21.7 Å². The number of sulfonamides is 1. The molecule has 0 aliphatic carbocycles. The van der Waals surface area contributed by atoms with Gasteiger partial charge >= 0.3 is 6.18 Å². The zero-order valence-corrected chi connectivity index (χ0v) is 16.9. The molecule has 11 heteroatoms. The number of hydrogen-bond donors (Lipinski definition) is 2. The van der Waals surface area contributed by atoms with Crippen LogP contribution >= 0.6 is 0 Å². The smallest absolute Gasteiger partial charge is 0.358 e. The molecule has 3 rings (SSSR count). The fourth-order valence-corrected chi connectivity index (χ4v) is 3.89. The zero-order valence-electron chi connectivity index (χ0n) is 16.1. The van der Waals surface area contributed by atoms with E-state index < -0.39 is 27.8 Å². The highest BCUT2D eigenvalue weighted by Crippen LogP contribution is 2.30. The highest BCUT2D eigenvalue weighted by molar-refractivity contribution is 7.89. The maximum absolute atomic E-state index is 12.9. The second kappa shape index (κ2) is 8.60. The van der Waals surface area contributed by atoms with Crippen LogP contribution in [0, 0.1) is 0 Å². The molecule has 7 nitrogen and oxygen atoms in total. The molecule has 0 spiro atoms. The number of benzene rings is 1. The monoisotopic (exact) mass is 442 g/mol. The maximum Gasteiger partial charge on any atom is 0.416 e. The lowest BCUT2D eigenvalue weighted by Gasteiger charge is -2.33. The average molecular weight is 442 g/mol. The van der Waals surface area contributed by atoms with E-state index >= 15 is 0 Å². The van der Waals surface area contributed by atoms with Gasteiger partial charge in [0, 0.05) is 19.3 Å². The molecular weight excluding hydrogens is 421 g/mol. The third-order valence-electron chi connectivity index (χ3n) is 4.80. The van der Waals surface area contributed by atoms with E-state index in [0.717, 1.165) is 12.1 Å². The Hall–Kier alpha value is -2.66. The summed E-state index contributed by atoms with van der Waals surface area (Å²) in [6.07, 6.45) is -2.04. The van der Waals surface area contributed by atoms with Crippen molar-refractivity contribution in [3.05, 3.63) is 53.7 Å². The molecule has 1 aliphatic heterocycles. The zero-order chi connectivity index (χ0) is 21.9. The molecule has 1 saturated heterocycles. The van der Waals surface area contributed by atoms with Gasteiger partial charge in [0.1, 0.15) is 16.8 Å². The first-order valence-corrected chi connectivity index (χ1v) is 10.7. The number of carbonyl (C=O) groups excluding carboxylic acids is 1. The fourth-order valence-electron chi connectivity index (χ4n) is 3.22. The van der Waals surface area contributed by atoms with Crippen LogP contribution in [0.3, 0.4) is 0 Å². The van der Waals surface area contributed by atoms with Gasteiger partial charge in [-0.25, -0.2) is 18.1 Å². The summed E-state index contributed by atoms with van der Waals surface area (Å²) in [5.41, 5.74) is -0.349. The van der Waals surface area contributed by atoms with Crippen LogP contribution in [0.5, 0.6) is 0 Å². The minimum Gasteiger partial charge on any atom is -0.358 e. The van der Waals surface area contributed by atoms with E-state index in [-0.39, 0.29) is 17.3 Å². The molecule has 1 atom stereocenters. The quantitative estimate of drug-likeness (QED) is 0.718. The first kappa shape index (κ1) is 22.0. The molecule has 0 radical (unpaired) electrons. The number of piperidine rings is 1. The Balaban J connectivity index is 1.68. The Labute approximate surface area is 172 Å². The maximum atomic E-state index is 12.9. The molecule has 0 bridgehead atoms. The Morgan fingerprint density at radius 3 is 2.63 bits per heavy atom. The molecule has 1 amide bonds. The van der Waals surface area contributed by atoms with Gasteiger partial charge < -0.3 is 10.2 Å². The van der Waals surface area contributed by atoms with E-state index in [1.807, 2.05) is 0 Å². The molecule has 0 saturated carbocycles. The summed E-state index contributed by atoms with van der Waals surface area (Å²) in [7, 11) is -2.32. The van der Waals surface area contributed by atoms with Crippen molar-refractivity contribution in [1.29, 1.82) is 0 Å². The number of aromatic nitrogens is 1. The summed E-state index contributed by atoms with van der Waals surface area (Å²) in [6.45, 7) is 0.522. The molecular formula is C19H21F3N4O3S. The number of anilines is 1. The number of rotatable bonds is 6. The van der Waals surface area contributed by atoms with Crippen molar-refractivity contribution < 1.29 is 26.4 Å². The SMILES string of the molecule is CNS(=O)(=O)c1ccc(NC2CCCN(Cc3cccc(C(F)(F)F)c3)C2=O)nc1. The van der Waals surface area contributed by atoms with Crippen LogP contribution < -0.4 is 10.0 Å². The van der Waals surface area contributed by atoms with Gasteiger partial charge in [0.05, 0.1) is 5.56 Å². The number of hydrogen-bond acceptors (Lipinski definition) is 5. The predicted molar refractivity (Wildman–Crippen MR) is 104 cm³/mol. The van der Waals surface area contributed by atoms with Crippen molar-refractivity contribution in [2.24, 2.45) is 0 Å². The minimum absolute atomic E-state index is 0.00306. The van der Waals surface area contributed by atoms with Crippen LogP contribution in [-0.2, 0) is 27.5 Å². The predicted octanol–water partition coefficient (Wildman–Crippen LogP) is 2.61. The van der Waals surface area contributed by atoms with Gasteiger partial charge in [0.25, 0.3) is 0 Å². The largest absolute Gasteiger partial charge is 0.416 e. The molecule has 2 heterocycles. The first-order chi connectivity index (χ1) is 14.1. The molecule has 1 unspecified atom stereocenters. The van der Waals surface area contributed by atoms with Gasteiger partial charge in [-0.1, -0.05) is 12.1 Å². The van der Waals surface area contributed by atoms with Crippen molar-refractivity contribution in [2.45, 2.75) is 36.5 Å². The van der Waals surface area contributed by atoms with Gasteiger partial charge in [0.15, 0.2) is 0 Å². The van der Waals surface area contributed by atoms with Gasteiger partial charge in [-0.2, -0.15) is 13.2 Å². The Bertz CT molecular complexity index is 1010. The lowest BCUT2D eigenvalue weighted by atomic mass is 10.0. The molecule has 1 fully saturated rings. The summed E-state index contributed by atoms with van der Waals surface area (Å²) >= 11 is 0. The summed E-state index contributed by atoms with van der Waals surface area (Å²) in [5.74, 6) is 0.0942. The Kier molecular flexibility index (Phi) is 6.32. The fraction of sp³-hybridized carbons (Fsp3) is 0.368. The molecule has 1 aromatic heterocycles. The van der Waals surface area contributed by atoms with Gasteiger partial charge in [-0.05, 0) is 49.7 Å². The highest BCUT2D eigenvalue weighted by atomic mass is 32.2. The number of amides is 1. The van der Waals surface area contributed by atoms with Crippen LogP contribution in [0.25, 0.3) is 0 Å². The number of alkyl halides is 3. The minimum atomic E-state index is -4.44. The van der Waals surface area contributed by atoms with E-state index in [4.69, 9.17) is 0 Å². The van der Waals surface area contributed by atoms with Gasteiger partial charge in [-0.15, -0.1) is 0 Å². The van der Waals surface area contributed by atoms with E-state index in [1.54, 1.807) is 6.07 Å². The van der Waals surface area contributed by atoms with Crippen LogP contribution in [0.2, 0.25) is 0 Å². The van der Waals surface area contributed by atoms with E-state index in [0.29, 0.717) is 30.8 Å². The van der Waals surface area contributed by atoms with Crippen LogP contribution in [0.1, 0.15) is 24.0 Å². The van der Waals surface area contributed by atoms with Crippen LogP contribution in [0.4, 0.5) is 19.0 Å². The average Bonchev–Trinajstić information content (AvgIpc) is 2.71. The van der Waals surface area contributed by atoms with Crippen LogP contribution in [-0.4, -0.2) is 43.8 Å². The second-order valence-corrected chi connectivity index (χ2v) is 8.77. The van der Waals surface area contributed by atoms with E-state index in [2.05, 4.69) is 15.0 Å². The van der Waals surface area contributed by atoms with Crippen molar-refractivity contribution in [2.75, 3.05) is 18.9 Å². The van der Waals surface area contributed by atoms with Gasteiger partial charge in [0.2, 0.25) is 15.9 Å². The summed E-state index contributed by atoms with van der Waals surface area (Å²) < 4.78 is 64.4. The first-order valence-electron chi connectivity index (χ1n) is 9.21.